The molecule has 0 aromatic heterocycles. The highest BCUT2D eigenvalue weighted by atomic mass is 15.1. The molecule has 1 N–H and O–H groups in total. The molecular formula is C18H30N2. The zero-order valence-electron chi connectivity index (χ0n) is 13.8. The van der Waals surface area contributed by atoms with Crippen LogP contribution in [0.15, 0.2) is 36.4 Å². The average Bonchev–Trinajstić information content (AvgIpc) is 2.28. The SMILES string of the molecule is C=C(C)CN(C)Cc1ccccc1CCNC(C)(C)C. The summed E-state index contributed by atoms with van der Waals surface area (Å²) in [6.45, 7) is 15.6. The Kier molecular flexibility index (Phi) is 6.44. The molecule has 0 heterocycles. The van der Waals surface area contributed by atoms with Gasteiger partial charge in [0.1, 0.15) is 0 Å². The molecule has 1 rings (SSSR count). The first-order valence-corrected chi connectivity index (χ1v) is 7.42. The maximum atomic E-state index is 3.98. The van der Waals surface area contributed by atoms with Gasteiger partial charge in [-0.1, -0.05) is 36.4 Å². The Hall–Kier alpha value is -1.12. The molecule has 112 valence electrons. The van der Waals surface area contributed by atoms with E-state index in [1.165, 1.54) is 16.7 Å². The number of benzene rings is 1. The van der Waals surface area contributed by atoms with Crippen LogP contribution in [0.1, 0.15) is 38.8 Å². The first kappa shape index (κ1) is 16.9. The van der Waals surface area contributed by atoms with Crippen LogP contribution in [0.4, 0.5) is 0 Å². The lowest BCUT2D eigenvalue weighted by Gasteiger charge is -2.22. The van der Waals surface area contributed by atoms with Gasteiger partial charge in [-0.05, 0) is 58.8 Å². The zero-order valence-corrected chi connectivity index (χ0v) is 13.8. The monoisotopic (exact) mass is 274 g/mol. The first-order valence-electron chi connectivity index (χ1n) is 7.42. The number of hydrogen-bond acceptors (Lipinski definition) is 2. The highest BCUT2D eigenvalue weighted by Gasteiger charge is 2.09. The van der Waals surface area contributed by atoms with E-state index in [0.717, 1.165) is 26.1 Å². The third kappa shape index (κ3) is 6.88. The van der Waals surface area contributed by atoms with Gasteiger partial charge in [-0.2, -0.15) is 0 Å². The molecule has 0 radical (unpaired) electrons. The van der Waals surface area contributed by atoms with Crippen LogP contribution in [0.25, 0.3) is 0 Å². The van der Waals surface area contributed by atoms with E-state index in [4.69, 9.17) is 0 Å². The van der Waals surface area contributed by atoms with Crippen molar-refractivity contribution < 1.29 is 0 Å². The summed E-state index contributed by atoms with van der Waals surface area (Å²) < 4.78 is 0. The predicted molar refractivity (Wildman–Crippen MR) is 89.0 cm³/mol. The predicted octanol–water partition coefficient (Wildman–Crippen LogP) is 3.63. The Morgan fingerprint density at radius 3 is 2.35 bits per heavy atom. The smallest absolute Gasteiger partial charge is 0.0236 e. The fourth-order valence-corrected chi connectivity index (χ4v) is 2.34. The van der Waals surface area contributed by atoms with Crippen LogP contribution in [-0.4, -0.2) is 30.6 Å². The van der Waals surface area contributed by atoms with Gasteiger partial charge in [-0.3, -0.25) is 4.90 Å². The Labute approximate surface area is 124 Å². The summed E-state index contributed by atoms with van der Waals surface area (Å²) in [7, 11) is 2.15. The number of nitrogens with zero attached hydrogens (tertiary/aromatic N) is 1. The van der Waals surface area contributed by atoms with Gasteiger partial charge in [0.2, 0.25) is 0 Å². The minimum atomic E-state index is 0.186. The second-order valence-corrected chi connectivity index (χ2v) is 6.82. The van der Waals surface area contributed by atoms with E-state index in [1.54, 1.807) is 0 Å². The normalized spacial score (nSPS) is 11.9. The lowest BCUT2D eigenvalue weighted by Crippen LogP contribution is -2.37. The maximum absolute atomic E-state index is 3.98. The molecule has 1 aromatic carbocycles. The van der Waals surface area contributed by atoms with Crippen LogP contribution in [-0.2, 0) is 13.0 Å². The molecule has 0 saturated carbocycles. The van der Waals surface area contributed by atoms with Crippen LogP contribution in [0.3, 0.4) is 0 Å². The summed E-state index contributed by atoms with van der Waals surface area (Å²) in [5.41, 5.74) is 4.26. The molecule has 0 atom stereocenters. The Morgan fingerprint density at radius 1 is 1.20 bits per heavy atom. The van der Waals surface area contributed by atoms with Crippen LogP contribution in [0.2, 0.25) is 0 Å². The fourth-order valence-electron chi connectivity index (χ4n) is 2.34. The summed E-state index contributed by atoms with van der Waals surface area (Å²) in [4.78, 5) is 2.32. The fraction of sp³-hybridized carbons (Fsp3) is 0.556. The van der Waals surface area contributed by atoms with E-state index in [-0.39, 0.29) is 5.54 Å². The van der Waals surface area contributed by atoms with Crippen molar-refractivity contribution in [3.8, 4) is 0 Å². The van der Waals surface area contributed by atoms with Gasteiger partial charge in [0.05, 0.1) is 0 Å². The summed E-state index contributed by atoms with van der Waals surface area (Å²) in [6, 6.07) is 8.74. The largest absolute Gasteiger partial charge is 0.312 e. The highest BCUT2D eigenvalue weighted by molar-refractivity contribution is 5.27. The highest BCUT2D eigenvalue weighted by Crippen LogP contribution is 2.12. The number of hydrogen-bond donors (Lipinski definition) is 1. The van der Waals surface area contributed by atoms with Crippen molar-refractivity contribution in [2.75, 3.05) is 20.1 Å². The van der Waals surface area contributed by atoms with Gasteiger partial charge < -0.3 is 5.32 Å². The van der Waals surface area contributed by atoms with Crippen molar-refractivity contribution in [2.24, 2.45) is 0 Å². The molecular weight excluding hydrogens is 244 g/mol. The lowest BCUT2D eigenvalue weighted by molar-refractivity contribution is 0.354. The molecule has 0 unspecified atom stereocenters. The molecule has 0 bridgehead atoms. The molecule has 0 aliphatic rings. The number of likely N-dealkylation sites (N-methyl/N-ethyl adjacent to an activating group) is 1. The molecule has 0 aliphatic heterocycles. The van der Waals surface area contributed by atoms with Gasteiger partial charge >= 0.3 is 0 Å². The average molecular weight is 274 g/mol. The van der Waals surface area contributed by atoms with Gasteiger partial charge in [0.25, 0.3) is 0 Å². The molecule has 0 amide bonds. The number of rotatable bonds is 7. The van der Waals surface area contributed by atoms with Gasteiger partial charge in [-0.25, -0.2) is 0 Å². The van der Waals surface area contributed by atoms with E-state index in [0.29, 0.717) is 0 Å². The van der Waals surface area contributed by atoms with Crippen LogP contribution >= 0.6 is 0 Å². The Balaban J connectivity index is 2.61. The quantitative estimate of drug-likeness (QED) is 0.764. The van der Waals surface area contributed by atoms with E-state index in [9.17, 15) is 0 Å². The van der Waals surface area contributed by atoms with Crippen LogP contribution < -0.4 is 5.32 Å². The summed E-state index contributed by atoms with van der Waals surface area (Å²) in [5, 5.41) is 3.56. The third-order valence-corrected chi connectivity index (χ3v) is 3.15. The van der Waals surface area contributed by atoms with E-state index >= 15 is 0 Å². The van der Waals surface area contributed by atoms with Crippen molar-refractivity contribution in [1.29, 1.82) is 0 Å². The third-order valence-electron chi connectivity index (χ3n) is 3.15. The van der Waals surface area contributed by atoms with E-state index in [1.807, 2.05) is 0 Å². The lowest BCUT2D eigenvalue weighted by atomic mass is 10.0. The minimum absolute atomic E-state index is 0.186. The maximum Gasteiger partial charge on any atom is 0.0236 e. The molecule has 20 heavy (non-hydrogen) atoms. The van der Waals surface area contributed by atoms with Crippen molar-refractivity contribution in [2.45, 2.75) is 46.2 Å². The van der Waals surface area contributed by atoms with Gasteiger partial charge in [0.15, 0.2) is 0 Å². The Bertz CT molecular complexity index is 429. The standard InChI is InChI=1S/C18H30N2/c1-15(2)13-20(6)14-17-10-8-7-9-16(17)11-12-19-18(3,4)5/h7-10,19H,1,11-14H2,2-6H3. The number of nitrogens with one attached hydrogen (secondary N) is 1. The molecule has 1 aromatic rings. The molecule has 0 spiro atoms. The van der Waals surface area contributed by atoms with Crippen molar-refractivity contribution in [3.05, 3.63) is 47.5 Å². The first-order chi connectivity index (χ1) is 9.28. The molecule has 2 nitrogen and oxygen atoms in total. The second kappa shape index (κ2) is 7.61. The molecule has 0 fully saturated rings. The summed E-state index contributed by atoms with van der Waals surface area (Å²) in [6.07, 6.45) is 1.08. The minimum Gasteiger partial charge on any atom is -0.312 e. The summed E-state index contributed by atoms with van der Waals surface area (Å²) in [5.74, 6) is 0. The summed E-state index contributed by atoms with van der Waals surface area (Å²) >= 11 is 0. The second-order valence-electron chi connectivity index (χ2n) is 6.82. The van der Waals surface area contributed by atoms with Crippen molar-refractivity contribution in [1.82, 2.24) is 10.2 Å². The van der Waals surface area contributed by atoms with Crippen molar-refractivity contribution in [3.63, 3.8) is 0 Å². The molecule has 0 saturated heterocycles. The van der Waals surface area contributed by atoms with Crippen molar-refractivity contribution >= 4 is 0 Å². The topological polar surface area (TPSA) is 15.3 Å². The van der Waals surface area contributed by atoms with Gasteiger partial charge in [-0.15, -0.1) is 0 Å². The Morgan fingerprint density at radius 2 is 1.80 bits per heavy atom. The van der Waals surface area contributed by atoms with E-state index in [2.05, 4.69) is 75.8 Å². The van der Waals surface area contributed by atoms with E-state index < -0.39 is 0 Å². The van der Waals surface area contributed by atoms with Gasteiger partial charge in [0, 0.05) is 18.6 Å². The molecule has 0 aliphatic carbocycles. The molecule has 2 heteroatoms. The van der Waals surface area contributed by atoms with Crippen LogP contribution in [0.5, 0.6) is 0 Å². The van der Waals surface area contributed by atoms with Crippen LogP contribution in [0, 0.1) is 0 Å². The zero-order chi connectivity index (χ0) is 15.2.